The Kier molecular flexibility index (Phi) is 6.69. The monoisotopic (exact) mass is 417 g/mol. The fraction of sp³-hybridized carbons (Fsp3) is 0.625. The van der Waals surface area contributed by atoms with E-state index in [9.17, 15) is 0 Å². The lowest BCUT2D eigenvalue weighted by atomic mass is 10.0. The van der Waals surface area contributed by atoms with E-state index in [1.807, 2.05) is 0 Å². The van der Waals surface area contributed by atoms with Crippen LogP contribution in [-0.4, -0.2) is 49.1 Å². The maximum atomic E-state index is 6.06. The highest BCUT2D eigenvalue weighted by molar-refractivity contribution is 9.13. The Hall–Kier alpha value is 0.0600. The van der Waals surface area contributed by atoms with Gasteiger partial charge < -0.3 is 10.6 Å². The van der Waals surface area contributed by atoms with Crippen LogP contribution < -0.4 is 5.73 Å². The van der Waals surface area contributed by atoms with Crippen LogP contribution in [0.1, 0.15) is 25.5 Å². The van der Waals surface area contributed by atoms with E-state index in [2.05, 4.69) is 73.7 Å². The van der Waals surface area contributed by atoms with Crippen molar-refractivity contribution in [3.05, 3.63) is 32.7 Å². The summed E-state index contributed by atoms with van der Waals surface area (Å²) < 4.78 is 2.18. The van der Waals surface area contributed by atoms with Crippen LogP contribution in [-0.2, 0) is 0 Å². The number of nitrogens with two attached hydrogens (primary N) is 1. The minimum Gasteiger partial charge on any atom is -0.329 e. The van der Waals surface area contributed by atoms with Gasteiger partial charge in [0.25, 0.3) is 0 Å². The molecule has 1 aliphatic heterocycles. The molecule has 2 rings (SSSR count). The number of piperazine rings is 1. The third-order valence-corrected chi connectivity index (χ3v) is 5.90. The van der Waals surface area contributed by atoms with Crippen molar-refractivity contribution in [3.63, 3.8) is 0 Å². The van der Waals surface area contributed by atoms with Crippen molar-refractivity contribution in [1.29, 1.82) is 0 Å². The van der Waals surface area contributed by atoms with E-state index in [-0.39, 0.29) is 0 Å². The van der Waals surface area contributed by atoms with Crippen molar-refractivity contribution in [3.8, 4) is 0 Å². The number of halogens is 2. The normalized spacial score (nSPS) is 19.1. The Morgan fingerprint density at radius 3 is 2.29 bits per heavy atom. The fourth-order valence-corrected chi connectivity index (χ4v) is 3.63. The molecule has 0 amide bonds. The molecule has 1 aromatic carbocycles. The van der Waals surface area contributed by atoms with Gasteiger partial charge in [0.2, 0.25) is 0 Å². The second kappa shape index (κ2) is 8.06. The molecular formula is C16H25Br2N3. The van der Waals surface area contributed by atoms with Crippen LogP contribution >= 0.6 is 31.9 Å². The molecule has 1 atom stereocenters. The lowest BCUT2D eigenvalue weighted by Gasteiger charge is -2.39. The fourth-order valence-electron chi connectivity index (χ4n) is 2.99. The molecule has 21 heavy (non-hydrogen) atoms. The molecular weight excluding hydrogens is 394 g/mol. The van der Waals surface area contributed by atoms with Crippen LogP contribution in [0.5, 0.6) is 0 Å². The van der Waals surface area contributed by atoms with Crippen LogP contribution in [0.4, 0.5) is 0 Å². The topological polar surface area (TPSA) is 32.5 Å². The molecule has 1 saturated heterocycles. The number of hydrogen-bond acceptors (Lipinski definition) is 3. The van der Waals surface area contributed by atoms with Crippen LogP contribution in [0.2, 0.25) is 0 Å². The quantitative estimate of drug-likeness (QED) is 0.794. The summed E-state index contributed by atoms with van der Waals surface area (Å²) in [5.41, 5.74) is 7.35. The predicted octanol–water partition coefficient (Wildman–Crippen LogP) is 3.49. The molecule has 0 aliphatic carbocycles. The first-order chi connectivity index (χ1) is 10.0. The van der Waals surface area contributed by atoms with E-state index in [0.29, 0.717) is 12.6 Å². The van der Waals surface area contributed by atoms with E-state index in [0.717, 1.165) is 41.0 Å². The van der Waals surface area contributed by atoms with Crippen molar-refractivity contribution in [1.82, 2.24) is 9.80 Å². The number of nitrogens with zero attached hydrogens (tertiary/aromatic N) is 2. The minimum absolute atomic E-state index is 0.315. The summed E-state index contributed by atoms with van der Waals surface area (Å²) in [5, 5.41) is 0. The van der Waals surface area contributed by atoms with E-state index >= 15 is 0 Å². The zero-order valence-corrected chi connectivity index (χ0v) is 16.0. The summed E-state index contributed by atoms with van der Waals surface area (Å²) in [4.78, 5) is 5.08. The van der Waals surface area contributed by atoms with Crippen LogP contribution in [0.15, 0.2) is 27.1 Å². The summed E-state index contributed by atoms with van der Waals surface area (Å²) in [6.07, 6.45) is 0. The van der Waals surface area contributed by atoms with Crippen LogP contribution in [0.3, 0.4) is 0 Å². The maximum Gasteiger partial charge on any atom is 0.0471 e. The Morgan fingerprint density at radius 1 is 1.10 bits per heavy atom. The molecule has 1 fully saturated rings. The first-order valence-electron chi connectivity index (χ1n) is 7.62. The van der Waals surface area contributed by atoms with Crippen molar-refractivity contribution in [2.75, 3.05) is 39.3 Å². The van der Waals surface area contributed by atoms with E-state index in [1.165, 1.54) is 12.1 Å². The zero-order chi connectivity index (χ0) is 15.4. The van der Waals surface area contributed by atoms with Gasteiger partial charge in [-0.1, -0.05) is 19.9 Å². The summed E-state index contributed by atoms with van der Waals surface area (Å²) in [5.74, 6) is 0.740. The molecule has 1 aliphatic rings. The molecule has 3 nitrogen and oxygen atoms in total. The van der Waals surface area contributed by atoms with Gasteiger partial charge in [-0.25, -0.2) is 0 Å². The number of benzene rings is 1. The average Bonchev–Trinajstić information content (AvgIpc) is 2.45. The molecule has 0 saturated carbocycles. The lowest BCUT2D eigenvalue weighted by molar-refractivity contribution is 0.0912. The van der Waals surface area contributed by atoms with Gasteiger partial charge in [0.15, 0.2) is 0 Å². The highest BCUT2D eigenvalue weighted by Gasteiger charge is 2.24. The van der Waals surface area contributed by atoms with E-state index < -0.39 is 0 Å². The first-order valence-corrected chi connectivity index (χ1v) is 9.21. The van der Waals surface area contributed by atoms with Crippen LogP contribution in [0, 0.1) is 5.92 Å². The van der Waals surface area contributed by atoms with Gasteiger partial charge in [0.05, 0.1) is 0 Å². The Balaban J connectivity index is 2.00. The van der Waals surface area contributed by atoms with Crippen molar-refractivity contribution < 1.29 is 0 Å². The Bertz CT molecular complexity index is 457. The van der Waals surface area contributed by atoms with Crippen molar-refractivity contribution >= 4 is 31.9 Å². The molecule has 0 spiro atoms. The third kappa shape index (κ3) is 4.76. The molecule has 0 radical (unpaired) electrons. The summed E-state index contributed by atoms with van der Waals surface area (Å²) in [6.45, 7) is 10.9. The lowest BCUT2D eigenvalue weighted by Crippen LogP contribution is -2.49. The molecule has 1 heterocycles. The molecule has 1 aromatic rings. The largest absolute Gasteiger partial charge is 0.329 e. The highest BCUT2D eigenvalue weighted by Crippen LogP contribution is 2.29. The summed E-state index contributed by atoms with van der Waals surface area (Å²) in [7, 11) is 0. The minimum atomic E-state index is 0.315. The van der Waals surface area contributed by atoms with Gasteiger partial charge in [-0.2, -0.15) is 0 Å². The highest BCUT2D eigenvalue weighted by atomic mass is 79.9. The molecule has 1 unspecified atom stereocenters. The Labute approximate surface area is 145 Å². The van der Waals surface area contributed by atoms with Gasteiger partial charge in [-0.05, 0) is 55.5 Å². The Morgan fingerprint density at radius 2 is 1.76 bits per heavy atom. The zero-order valence-electron chi connectivity index (χ0n) is 12.9. The van der Waals surface area contributed by atoms with E-state index in [4.69, 9.17) is 5.73 Å². The van der Waals surface area contributed by atoms with Gasteiger partial charge in [0, 0.05) is 54.3 Å². The van der Waals surface area contributed by atoms with Gasteiger partial charge in [-0.15, -0.1) is 0 Å². The van der Waals surface area contributed by atoms with Gasteiger partial charge in [-0.3, -0.25) is 4.90 Å². The number of hydrogen-bond donors (Lipinski definition) is 1. The smallest absolute Gasteiger partial charge is 0.0471 e. The SMILES string of the molecule is CC(C)CN1CCN(C(CN)c2ccc(Br)c(Br)c2)CC1. The molecule has 0 aromatic heterocycles. The van der Waals surface area contributed by atoms with Gasteiger partial charge in [0.1, 0.15) is 0 Å². The molecule has 5 heteroatoms. The molecule has 118 valence electrons. The van der Waals surface area contributed by atoms with Crippen LogP contribution in [0.25, 0.3) is 0 Å². The molecule has 2 N–H and O–H groups in total. The average molecular weight is 419 g/mol. The second-order valence-corrected chi connectivity index (χ2v) is 7.86. The van der Waals surface area contributed by atoms with Gasteiger partial charge >= 0.3 is 0 Å². The second-order valence-electron chi connectivity index (χ2n) is 6.16. The van der Waals surface area contributed by atoms with Crippen molar-refractivity contribution in [2.24, 2.45) is 11.7 Å². The third-order valence-electron chi connectivity index (χ3n) is 4.02. The maximum absolute atomic E-state index is 6.06. The summed E-state index contributed by atoms with van der Waals surface area (Å²) >= 11 is 7.12. The number of rotatable bonds is 5. The first kappa shape index (κ1) is 17.4. The predicted molar refractivity (Wildman–Crippen MR) is 96.5 cm³/mol. The van der Waals surface area contributed by atoms with E-state index in [1.54, 1.807) is 0 Å². The molecule has 0 bridgehead atoms. The standard InChI is InChI=1S/C16H25Br2N3/c1-12(2)11-20-5-7-21(8-6-20)16(10-19)13-3-4-14(17)15(18)9-13/h3-4,9,12,16H,5-8,10-11,19H2,1-2H3. The summed E-state index contributed by atoms with van der Waals surface area (Å²) in [6, 6.07) is 6.77. The van der Waals surface area contributed by atoms with Crippen molar-refractivity contribution in [2.45, 2.75) is 19.9 Å².